The molecule has 0 unspecified atom stereocenters. The Labute approximate surface area is 174 Å². The average molecular weight is 448 g/mol. The van der Waals surface area contributed by atoms with E-state index in [0.717, 1.165) is 17.3 Å². The molecule has 0 fully saturated rings. The highest BCUT2D eigenvalue weighted by atomic mass is 79.9. The van der Waals surface area contributed by atoms with Gasteiger partial charge < -0.3 is 14.8 Å². The van der Waals surface area contributed by atoms with Gasteiger partial charge in [-0.25, -0.2) is 4.79 Å². The summed E-state index contributed by atoms with van der Waals surface area (Å²) in [7, 11) is 0. The second kappa shape index (κ2) is 10.9. The van der Waals surface area contributed by atoms with Gasteiger partial charge in [0.15, 0.2) is 6.61 Å². The van der Waals surface area contributed by atoms with Gasteiger partial charge in [0.1, 0.15) is 5.75 Å². The molecule has 0 bridgehead atoms. The molecule has 0 aliphatic heterocycles. The maximum Gasteiger partial charge on any atom is 0.338 e. The first-order valence-electron chi connectivity index (χ1n) is 9.37. The highest BCUT2D eigenvalue weighted by Gasteiger charge is 2.10. The summed E-state index contributed by atoms with van der Waals surface area (Å²) in [4.78, 5) is 24.0. The average Bonchev–Trinajstić information content (AvgIpc) is 2.66. The number of halogens is 1. The van der Waals surface area contributed by atoms with Gasteiger partial charge in [-0.3, -0.25) is 4.79 Å². The molecule has 0 aliphatic carbocycles. The second-order valence-corrected chi connectivity index (χ2v) is 7.78. The van der Waals surface area contributed by atoms with Crippen molar-refractivity contribution in [2.45, 2.75) is 33.6 Å². The number of benzene rings is 2. The van der Waals surface area contributed by atoms with Gasteiger partial charge in [0, 0.05) is 5.69 Å². The molecule has 2 aromatic rings. The van der Waals surface area contributed by atoms with Gasteiger partial charge in [-0.15, -0.1) is 0 Å². The third-order valence-corrected chi connectivity index (χ3v) is 4.47. The van der Waals surface area contributed by atoms with E-state index in [4.69, 9.17) is 9.47 Å². The Balaban J connectivity index is 1.85. The first kappa shape index (κ1) is 22.0. The second-order valence-electron chi connectivity index (χ2n) is 6.92. The van der Waals surface area contributed by atoms with Gasteiger partial charge >= 0.3 is 5.97 Å². The fraction of sp³-hybridized carbons (Fsp3) is 0.364. The predicted octanol–water partition coefficient (Wildman–Crippen LogP) is 5.23. The van der Waals surface area contributed by atoms with Gasteiger partial charge in [-0.2, -0.15) is 0 Å². The van der Waals surface area contributed by atoms with Crippen LogP contribution >= 0.6 is 15.9 Å². The highest BCUT2D eigenvalue weighted by Crippen LogP contribution is 2.26. The number of hydrogen-bond acceptors (Lipinski definition) is 4. The summed E-state index contributed by atoms with van der Waals surface area (Å²) in [6.45, 7) is 6.36. The lowest BCUT2D eigenvalue weighted by Crippen LogP contribution is -2.20. The SMILES string of the molecule is CCCc1ccc(OCC(=O)Nc2ccc(C(=O)OCC(C)C)cc2)c(Br)c1. The molecule has 0 heterocycles. The quantitative estimate of drug-likeness (QED) is 0.534. The number of carbonyl (C=O) groups is 2. The normalized spacial score (nSPS) is 10.6. The van der Waals surface area contributed by atoms with Crippen molar-refractivity contribution in [2.75, 3.05) is 18.5 Å². The van der Waals surface area contributed by atoms with E-state index >= 15 is 0 Å². The van der Waals surface area contributed by atoms with Crippen LogP contribution in [0.4, 0.5) is 5.69 Å². The van der Waals surface area contributed by atoms with Crippen LogP contribution in [0, 0.1) is 5.92 Å². The Hall–Kier alpha value is -2.34. The van der Waals surface area contributed by atoms with Gasteiger partial charge in [0.2, 0.25) is 0 Å². The number of anilines is 1. The van der Waals surface area contributed by atoms with Crippen LogP contribution in [0.25, 0.3) is 0 Å². The minimum absolute atomic E-state index is 0.107. The molecule has 2 aromatic carbocycles. The summed E-state index contributed by atoms with van der Waals surface area (Å²) in [5.41, 5.74) is 2.26. The molecule has 1 amide bonds. The zero-order valence-electron chi connectivity index (χ0n) is 16.5. The van der Waals surface area contributed by atoms with Crippen molar-refractivity contribution in [3.8, 4) is 5.75 Å². The first-order valence-corrected chi connectivity index (χ1v) is 10.2. The molecule has 0 saturated carbocycles. The van der Waals surface area contributed by atoms with Crippen LogP contribution in [0.3, 0.4) is 0 Å². The summed E-state index contributed by atoms with van der Waals surface area (Å²) >= 11 is 3.48. The van der Waals surface area contributed by atoms with Crippen molar-refractivity contribution in [3.63, 3.8) is 0 Å². The van der Waals surface area contributed by atoms with Crippen molar-refractivity contribution in [1.82, 2.24) is 0 Å². The number of esters is 1. The molecule has 2 rings (SSSR count). The number of aryl methyl sites for hydroxylation is 1. The molecule has 0 aliphatic rings. The van der Waals surface area contributed by atoms with E-state index in [9.17, 15) is 9.59 Å². The lowest BCUT2D eigenvalue weighted by atomic mass is 10.1. The first-order chi connectivity index (χ1) is 13.4. The predicted molar refractivity (Wildman–Crippen MR) is 114 cm³/mol. The smallest absolute Gasteiger partial charge is 0.338 e. The third-order valence-electron chi connectivity index (χ3n) is 3.85. The Bertz CT molecular complexity index is 803. The fourth-order valence-corrected chi connectivity index (χ4v) is 3.00. The third kappa shape index (κ3) is 7.00. The van der Waals surface area contributed by atoms with Gasteiger partial charge in [0.25, 0.3) is 5.91 Å². The molecule has 28 heavy (non-hydrogen) atoms. The van der Waals surface area contributed by atoms with E-state index in [2.05, 4.69) is 28.2 Å². The monoisotopic (exact) mass is 447 g/mol. The summed E-state index contributed by atoms with van der Waals surface area (Å²) in [5, 5.41) is 2.75. The molecule has 6 heteroatoms. The van der Waals surface area contributed by atoms with Crippen LogP contribution in [0.5, 0.6) is 5.75 Å². The van der Waals surface area contributed by atoms with Gasteiger partial charge in [-0.1, -0.05) is 33.3 Å². The Morgan fingerprint density at radius 2 is 1.82 bits per heavy atom. The molecule has 0 aromatic heterocycles. The van der Waals surface area contributed by atoms with Crippen LogP contribution in [0.15, 0.2) is 46.9 Å². The van der Waals surface area contributed by atoms with Crippen LogP contribution in [0.1, 0.15) is 43.1 Å². The van der Waals surface area contributed by atoms with Crippen LogP contribution in [-0.4, -0.2) is 25.1 Å². The zero-order chi connectivity index (χ0) is 20.5. The van der Waals surface area contributed by atoms with Gasteiger partial charge in [-0.05, 0) is 70.2 Å². The summed E-state index contributed by atoms with van der Waals surface area (Å²) < 4.78 is 11.6. The fourth-order valence-electron chi connectivity index (χ4n) is 2.46. The highest BCUT2D eigenvalue weighted by molar-refractivity contribution is 9.10. The minimum atomic E-state index is -0.369. The van der Waals surface area contributed by atoms with Crippen molar-refractivity contribution in [3.05, 3.63) is 58.1 Å². The number of ether oxygens (including phenoxy) is 2. The Kier molecular flexibility index (Phi) is 8.51. The summed E-state index contributed by atoms with van der Waals surface area (Å²) in [5.74, 6) is 0.259. The van der Waals surface area contributed by atoms with E-state index in [1.165, 1.54) is 5.56 Å². The van der Waals surface area contributed by atoms with E-state index in [0.29, 0.717) is 23.6 Å². The maximum absolute atomic E-state index is 12.1. The molecule has 0 atom stereocenters. The lowest BCUT2D eigenvalue weighted by molar-refractivity contribution is -0.118. The number of amides is 1. The molecule has 0 radical (unpaired) electrons. The molecule has 0 spiro atoms. The molecule has 5 nitrogen and oxygen atoms in total. The minimum Gasteiger partial charge on any atom is -0.483 e. The maximum atomic E-state index is 12.1. The molecular formula is C22H26BrNO4. The molecule has 1 N–H and O–H groups in total. The topological polar surface area (TPSA) is 64.6 Å². The molecule has 150 valence electrons. The Morgan fingerprint density at radius 3 is 2.43 bits per heavy atom. The number of nitrogens with one attached hydrogen (secondary N) is 1. The molecule has 0 saturated heterocycles. The van der Waals surface area contributed by atoms with Crippen molar-refractivity contribution in [2.24, 2.45) is 5.92 Å². The van der Waals surface area contributed by atoms with Crippen LogP contribution in [0.2, 0.25) is 0 Å². The number of carbonyl (C=O) groups excluding carboxylic acids is 2. The molecular weight excluding hydrogens is 422 g/mol. The van der Waals surface area contributed by atoms with E-state index in [-0.39, 0.29) is 24.4 Å². The Morgan fingerprint density at radius 1 is 1.11 bits per heavy atom. The van der Waals surface area contributed by atoms with Gasteiger partial charge in [0.05, 0.1) is 16.6 Å². The van der Waals surface area contributed by atoms with E-state index < -0.39 is 0 Å². The number of rotatable bonds is 9. The van der Waals surface area contributed by atoms with Crippen molar-refractivity contribution in [1.29, 1.82) is 0 Å². The number of hydrogen-bond donors (Lipinski definition) is 1. The lowest BCUT2D eigenvalue weighted by Gasteiger charge is -2.11. The van der Waals surface area contributed by atoms with Crippen molar-refractivity contribution >= 4 is 33.5 Å². The standard InChI is InChI=1S/C22H26BrNO4/c1-4-5-16-6-11-20(19(23)12-16)27-14-21(25)24-18-9-7-17(8-10-18)22(26)28-13-15(2)3/h6-12,15H,4-5,13-14H2,1-3H3,(H,24,25). The zero-order valence-corrected chi connectivity index (χ0v) is 18.0. The van der Waals surface area contributed by atoms with E-state index in [1.54, 1.807) is 24.3 Å². The summed E-state index contributed by atoms with van der Waals surface area (Å²) in [6.07, 6.45) is 2.07. The largest absolute Gasteiger partial charge is 0.483 e. The van der Waals surface area contributed by atoms with Crippen LogP contribution < -0.4 is 10.1 Å². The van der Waals surface area contributed by atoms with E-state index in [1.807, 2.05) is 32.0 Å². The summed E-state index contributed by atoms with van der Waals surface area (Å²) in [6, 6.07) is 12.5. The van der Waals surface area contributed by atoms with Crippen molar-refractivity contribution < 1.29 is 19.1 Å². The van der Waals surface area contributed by atoms with Crippen LogP contribution in [-0.2, 0) is 16.0 Å².